The van der Waals surface area contributed by atoms with Gasteiger partial charge >= 0.3 is 0 Å². The second kappa shape index (κ2) is 4.29. The summed E-state index contributed by atoms with van der Waals surface area (Å²) in [5.41, 5.74) is 0.749. The van der Waals surface area contributed by atoms with Crippen molar-refractivity contribution in [1.29, 1.82) is 5.26 Å². The molecule has 0 saturated heterocycles. The van der Waals surface area contributed by atoms with Gasteiger partial charge in [0.2, 0.25) is 11.6 Å². The number of nitrogens with zero attached hydrogens (tertiary/aromatic N) is 3. The van der Waals surface area contributed by atoms with Crippen LogP contribution in [0.25, 0.3) is 11.3 Å². The van der Waals surface area contributed by atoms with E-state index in [4.69, 9.17) is 5.26 Å². The zero-order valence-corrected chi connectivity index (χ0v) is 9.68. The van der Waals surface area contributed by atoms with E-state index >= 15 is 0 Å². The molecule has 0 radical (unpaired) electrons. The van der Waals surface area contributed by atoms with Crippen molar-refractivity contribution in [2.45, 2.75) is 0 Å². The Bertz CT molecular complexity index is 613. The molecule has 2 rings (SSSR count). The highest BCUT2D eigenvalue weighted by molar-refractivity contribution is 9.10. The molecule has 1 aromatic heterocycles. The highest BCUT2D eigenvalue weighted by Gasteiger charge is 2.08. The zero-order chi connectivity index (χ0) is 11.5. The molecule has 78 valence electrons. The third kappa shape index (κ3) is 1.88. The average Bonchev–Trinajstić information content (AvgIpc) is 2.30. The van der Waals surface area contributed by atoms with E-state index in [1.165, 1.54) is 6.07 Å². The minimum absolute atomic E-state index is 0.218. The topological polar surface area (TPSA) is 58.7 Å². The van der Waals surface area contributed by atoms with Gasteiger partial charge in [-0.15, -0.1) is 0 Å². The van der Waals surface area contributed by atoms with E-state index < -0.39 is 0 Å². The lowest BCUT2D eigenvalue weighted by Gasteiger charge is -2.02. The van der Waals surface area contributed by atoms with Crippen molar-refractivity contribution < 1.29 is 0 Å². The van der Waals surface area contributed by atoms with Crippen molar-refractivity contribution in [3.63, 3.8) is 0 Å². The Hall–Kier alpha value is -1.93. The summed E-state index contributed by atoms with van der Waals surface area (Å²) in [6, 6.07) is 10.4. The van der Waals surface area contributed by atoms with Crippen molar-refractivity contribution >= 4 is 15.9 Å². The van der Waals surface area contributed by atoms with Crippen molar-refractivity contribution in [2.75, 3.05) is 0 Å². The van der Waals surface area contributed by atoms with E-state index in [1.807, 2.05) is 24.4 Å². The Labute approximate surface area is 99.9 Å². The summed E-state index contributed by atoms with van der Waals surface area (Å²) in [6.07, 6.45) is 1.85. The number of halogens is 1. The molecule has 0 N–H and O–H groups in total. The van der Waals surface area contributed by atoms with Crippen molar-refractivity contribution in [3.05, 3.63) is 51.2 Å². The summed E-state index contributed by atoms with van der Waals surface area (Å²) in [5.74, 6) is 0. The molecule has 2 aromatic rings. The molecule has 16 heavy (non-hydrogen) atoms. The molecule has 0 atom stereocenters. The summed E-state index contributed by atoms with van der Waals surface area (Å²) in [4.78, 5) is 11.7. The molecule has 0 aliphatic rings. The Balaban J connectivity index is 2.68. The maximum absolute atomic E-state index is 11.7. The second-order valence-corrected chi connectivity index (χ2v) is 3.87. The predicted molar refractivity (Wildman–Crippen MR) is 62.6 cm³/mol. The summed E-state index contributed by atoms with van der Waals surface area (Å²) in [7, 11) is 0. The van der Waals surface area contributed by atoms with Crippen LogP contribution in [0.3, 0.4) is 0 Å². The normalized spacial score (nSPS) is 9.75. The molecular weight excluding hydrogens is 270 g/mol. The Morgan fingerprint density at radius 2 is 2.00 bits per heavy atom. The van der Waals surface area contributed by atoms with Crippen LogP contribution in [0.4, 0.5) is 0 Å². The van der Waals surface area contributed by atoms with Gasteiger partial charge in [-0.1, -0.05) is 30.3 Å². The second-order valence-electron chi connectivity index (χ2n) is 3.06. The first-order valence-corrected chi connectivity index (χ1v) is 5.27. The first-order chi connectivity index (χ1) is 7.72. The van der Waals surface area contributed by atoms with Crippen LogP contribution in [0.1, 0.15) is 0 Å². The molecule has 0 bridgehead atoms. The van der Waals surface area contributed by atoms with Crippen molar-refractivity contribution in [3.8, 4) is 17.5 Å². The maximum atomic E-state index is 11.7. The Morgan fingerprint density at radius 3 is 2.62 bits per heavy atom. The Morgan fingerprint density at radius 1 is 1.31 bits per heavy atom. The molecule has 0 spiro atoms. The number of nitriles is 1. The molecule has 5 heteroatoms. The summed E-state index contributed by atoms with van der Waals surface area (Å²) in [5, 5.41) is 12.8. The highest BCUT2D eigenvalue weighted by Crippen LogP contribution is 2.13. The third-order valence-corrected chi connectivity index (χ3v) is 2.59. The lowest BCUT2D eigenvalue weighted by atomic mass is 10.1. The fraction of sp³-hybridized carbons (Fsp3) is 0. The van der Waals surface area contributed by atoms with E-state index in [0.717, 1.165) is 4.68 Å². The van der Waals surface area contributed by atoms with Gasteiger partial charge in [-0.05, 0) is 15.9 Å². The quantitative estimate of drug-likeness (QED) is 0.800. The summed E-state index contributed by atoms with van der Waals surface area (Å²) >= 11 is 3.09. The average molecular weight is 276 g/mol. The minimum Gasteiger partial charge on any atom is -0.287 e. The molecule has 1 heterocycles. The maximum Gasteiger partial charge on any atom is 0.209 e. The Kier molecular flexibility index (Phi) is 2.84. The van der Waals surface area contributed by atoms with Crippen LogP contribution in [-0.4, -0.2) is 9.78 Å². The minimum atomic E-state index is -0.218. The van der Waals surface area contributed by atoms with Gasteiger partial charge in [0, 0.05) is 11.6 Å². The number of hydrogen-bond donors (Lipinski definition) is 0. The van der Waals surface area contributed by atoms with Crippen LogP contribution in [0.2, 0.25) is 0 Å². The fourth-order valence-corrected chi connectivity index (χ4v) is 1.67. The van der Waals surface area contributed by atoms with Gasteiger partial charge in [0.25, 0.3) is 0 Å². The highest BCUT2D eigenvalue weighted by atomic mass is 79.9. The number of aromatic nitrogens is 2. The lowest BCUT2D eigenvalue weighted by Crippen LogP contribution is -2.12. The van der Waals surface area contributed by atoms with Gasteiger partial charge < -0.3 is 0 Å². The van der Waals surface area contributed by atoms with Crippen LogP contribution >= 0.6 is 15.9 Å². The van der Waals surface area contributed by atoms with Gasteiger partial charge in [0.1, 0.15) is 10.3 Å². The van der Waals surface area contributed by atoms with E-state index in [1.54, 1.807) is 12.1 Å². The zero-order valence-electron chi connectivity index (χ0n) is 8.09. The van der Waals surface area contributed by atoms with Gasteiger partial charge in [-0.2, -0.15) is 15.0 Å². The largest absolute Gasteiger partial charge is 0.287 e. The first kappa shape index (κ1) is 10.6. The number of benzene rings is 1. The molecule has 1 aromatic carbocycles. The van der Waals surface area contributed by atoms with Gasteiger partial charge in [0.15, 0.2) is 0 Å². The van der Waals surface area contributed by atoms with Gasteiger partial charge in [-0.3, -0.25) is 4.79 Å². The molecule has 0 saturated carbocycles. The lowest BCUT2D eigenvalue weighted by molar-refractivity contribution is 0.835. The predicted octanol–water partition coefficient (Wildman–Crippen LogP) is 2.00. The smallest absolute Gasteiger partial charge is 0.209 e. The number of rotatable bonds is 1. The monoisotopic (exact) mass is 275 g/mol. The van der Waals surface area contributed by atoms with E-state index in [0.29, 0.717) is 10.2 Å². The molecule has 0 aliphatic carbocycles. The molecule has 0 aliphatic heterocycles. The number of hydrogen-bond acceptors (Lipinski definition) is 3. The molecule has 0 amide bonds. The summed E-state index contributed by atoms with van der Waals surface area (Å²) < 4.78 is 1.41. The SMILES string of the molecule is N#Cn1nc(-c2ccccc2)c(=O)cc1Br. The van der Waals surface area contributed by atoms with Gasteiger partial charge in [-0.25, -0.2) is 0 Å². The van der Waals surface area contributed by atoms with Crippen LogP contribution in [-0.2, 0) is 0 Å². The van der Waals surface area contributed by atoms with E-state index in [-0.39, 0.29) is 11.1 Å². The van der Waals surface area contributed by atoms with E-state index in [2.05, 4.69) is 21.0 Å². The van der Waals surface area contributed by atoms with Crippen molar-refractivity contribution in [2.24, 2.45) is 0 Å². The fourth-order valence-electron chi connectivity index (χ4n) is 1.30. The third-order valence-electron chi connectivity index (χ3n) is 2.03. The molecular formula is C11H6BrN3O. The van der Waals surface area contributed by atoms with E-state index in [9.17, 15) is 4.79 Å². The van der Waals surface area contributed by atoms with Crippen molar-refractivity contribution in [1.82, 2.24) is 9.78 Å². The first-order valence-electron chi connectivity index (χ1n) is 4.48. The summed E-state index contributed by atoms with van der Waals surface area (Å²) in [6.45, 7) is 0. The molecule has 0 unspecified atom stereocenters. The van der Waals surface area contributed by atoms with Crippen LogP contribution in [0, 0.1) is 11.5 Å². The van der Waals surface area contributed by atoms with Crippen LogP contribution in [0.15, 0.2) is 45.8 Å². The van der Waals surface area contributed by atoms with Crippen LogP contribution in [0.5, 0.6) is 0 Å². The molecule has 4 nitrogen and oxygen atoms in total. The van der Waals surface area contributed by atoms with Gasteiger partial charge in [0.05, 0.1) is 0 Å². The van der Waals surface area contributed by atoms with Crippen LogP contribution < -0.4 is 5.43 Å². The molecule has 0 fully saturated rings. The standard InChI is InChI=1S/C11H6BrN3O/c12-10-6-9(16)11(14-15(10)7-13)8-4-2-1-3-5-8/h1-6H.